The number of carbonyl (C=O) groups excluding carboxylic acids is 1. The predicted octanol–water partition coefficient (Wildman–Crippen LogP) is 2.56. The average Bonchev–Trinajstić information content (AvgIpc) is 2.85. The molecule has 0 aliphatic carbocycles. The fraction of sp³-hybridized carbons (Fsp3) is 0.467. The molecule has 1 atom stereocenters. The van der Waals surface area contributed by atoms with Crippen molar-refractivity contribution in [2.45, 2.75) is 31.6 Å². The summed E-state index contributed by atoms with van der Waals surface area (Å²) in [4.78, 5) is 12.1. The zero-order valence-corrected chi connectivity index (χ0v) is 15.6. The lowest BCUT2D eigenvalue weighted by atomic mass is 10.1. The Morgan fingerprint density at radius 1 is 1.43 bits per heavy atom. The molecule has 0 spiro atoms. The summed E-state index contributed by atoms with van der Waals surface area (Å²) >= 11 is 3.40. The van der Waals surface area contributed by atoms with Gasteiger partial charge >= 0.3 is 5.97 Å². The zero-order valence-electron chi connectivity index (χ0n) is 13.2. The third kappa shape index (κ3) is 3.74. The van der Waals surface area contributed by atoms with Crippen molar-refractivity contribution in [3.8, 4) is 0 Å². The maximum Gasteiger partial charge on any atom is 0.327 e. The fourth-order valence-electron chi connectivity index (χ4n) is 2.21. The van der Waals surface area contributed by atoms with Crippen molar-refractivity contribution in [1.29, 1.82) is 0 Å². The van der Waals surface area contributed by atoms with Crippen LogP contribution in [0.1, 0.15) is 20.3 Å². The van der Waals surface area contributed by atoms with E-state index in [0.29, 0.717) is 6.54 Å². The van der Waals surface area contributed by atoms with Crippen molar-refractivity contribution in [2.75, 3.05) is 12.9 Å². The van der Waals surface area contributed by atoms with Crippen molar-refractivity contribution in [1.82, 2.24) is 9.78 Å². The molecule has 1 heterocycles. The van der Waals surface area contributed by atoms with E-state index in [4.69, 9.17) is 4.74 Å². The maximum atomic E-state index is 12.1. The summed E-state index contributed by atoms with van der Waals surface area (Å²) in [6.07, 6.45) is 2.98. The van der Waals surface area contributed by atoms with Gasteiger partial charge in [-0.1, -0.05) is 15.9 Å². The number of rotatable bonds is 6. The number of nitrogens with zero attached hydrogens (tertiary/aromatic N) is 2. The van der Waals surface area contributed by atoms with Crippen molar-refractivity contribution in [2.24, 2.45) is 0 Å². The SMILES string of the molecule is CCOC(=O)[C@@](C)(CCn1cc2cc(Br)ccc2n1)S(C)(=O)=O. The minimum atomic E-state index is -3.62. The number of aryl methyl sites for hydroxylation is 1. The molecule has 126 valence electrons. The predicted molar refractivity (Wildman–Crippen MR) is 91.9 cm³/mol. The summed E-state index contributed by atoms with van der Waals surface area (Å²) in [6, 6.07) is 5.69. The van der Waals surface area contributed by atoms with Gasteiger partial charge in [0, 0.05) is 28.9 Å². The number of benzene rings is 1. The van der Waals surface area contributed by atoms with Gasteiger partial charge in [-0.3, -0.25) is 9.48 Å². The lowest BCUT2D eigenvalue weighted by Gasteiger charge is -2.25. The molecule has 1 aromatic heterocycles. The molecule has 6 nitrogen and oxygen atoms in total. The van der Waals surface area contributed by atoms with Crippen LogP contribution in [-0.2, 0) is 25.9 Å². The van der Waals surface area contributed by atoms with Crippen molar-refractivity contribution in [3.63, 3.8) is 0 Å². The number of hydrogen-bond donors (Lipinski definition) is 0. The first-order valence-electron chi connectivity index (χ1n) is 7.17. The topological polar surface area (TPSA) is 78.3 Å². The summed E-state index contributed by atoms with van der Waals surface area (Å²) in [5.74, 6) is -0.720. The normalized spacial score (nSPS) is 14.6. The third-order valence-electron chi connectivity index (χ3n) is 3.86. The molecule has 0 amide bonds. The fourth-order valence-corrected chi connectivity index (χ4v) is 3.42. The minimum Gasteiger partial charge on any atom is -0.465 e. The van der Waals surface area contributed by atoms with Crippen molar-refractivity contribution < 1.29 is 17.9 Å². The van der Waals surface area contributed by atoms with Gasteiger partial charge in [0.05, 0.1) is 12.1 Å². The van der Waals surface area contributed by atoms with Crippen molar-refractivity contribution >= 4 is 42.6 Å². The van der Waals surface area contributed by atoms with E-state index in [1.54, 1.807) is 11.6 Å². The molecular weight excluding hydrogens is 384 g/mol. The Labute approximate surface area is 143 Å². The second-order valence-electron chi connectivity index (χ2n) is 5.57. The molecule has 2 aromatic rings. The van der Waals surface area contributed by atoms with Gasteiger partial charge in [-0.25, -0.2) is 8.42 Å². The first kappa shape index (κ1) is 17.9. The molecule has 0 bridgehead atoms. The molecule has 0 radical (unpaired) electrons. The Kier molecular flexibility index (Phi) is 5.15. The molecule has 0 saturated heterocycles. The minimum absolute atomic E-state index is 0.0970. The maximum absolute atomic E-state index is 12.1. The van der Waals surface area contributed by atoms with Gasteiger partial charge in [0.15, 0.2) is 14.6 Å². The van der Waals surface area contributed by atoms with Crippen LogP contribution in [0, 0.1) is 0 Å². The second kappa shape index (κ2) is 6.60. The van der Waals surface area contributed by atoms with Gasteiger partial charge in [-0.2, -0.15) is 5.10 Å². The Balaban J connectivity index is 2.25. The molecule has 1 aromatic carbocycles. The van der Waals surface area contributed by atoms with E-state index in [1.165, 1.54) is 6.92 Å². The molecule has 8 heteroatoms. The molecule has 0 saturated carbocycles. The summed E-state index contributed by atoms with van der Waals surface area (Å²) in [6.45, 7) is 3.50. The number of ether oxygens (including phenoxy) is 1. The highest BCUT2D eigenvalue weighted by atomic mass is 79.9. The van der Waals surface area contributed by atoms with E-state index >= 15 is 0 Å². The third-order valence-corrected chi connectivity index (χ3v) is 6.36. The average molecular weight is 403 g/mol. The zero-order chi connectivity index (χ0) is 17.3. The van der Waals surface area contributed by atoms with E-state index in [9.17, 15) is 13.2 Å². The lowest BCUT2D eigenvalue weighted by molar-refractivity contribution is -0.146. The van der Waals surface area contributed by atoms with E-state index in [-0.39, 0.29) is 13.0 Å². The number of esters is 1. The first-order chi connectivity index (χ1) is 10.7. The summed E-state index contributed by atoms with van der Waals surface area (Å²) in [5.41, 5.74) is 0.811. The van der Waals surface area contributed by atoms with Crippen LogP contribution in [0.5, 0.6) is 0 Å². The number of hydrogen-bond acceptors (Lipinski definition) is 5. The van der Waals surface area contributed by atoms with Gasteiger partial charge in [-0.15, -0.1) is 0 Å². The van der Waals surface area contributed by atoms with Gasteiger partial charge < -0.3 is 4.74 Å². The quantitative estimate of drug-likeness (QED) is 0.693. The van der Waals surface area contributed by atoms with Crippen LogP contribution in [0.4, 0.5) is 0 Å². The van der Waals surface area contributed by atoms with Crippen LogP contribution in [0.25, 0.3) is 10.9 Å². The number of aromatic nitrogens is 2. The number of fused-ring (bicyclic) bond motifs is 1. The second-order valence-corrected chi connectivity index (χ2v) is 8.93. The molecular formula is C15H19BrN2O4S. The van der Waals surface area contributed by atoms with E-state index < -0.39 is 20.6 Å². The standard InChI is InChI=1S/C15H19BrN2O4S/c1-4-22-14(19)15(2,23(3,20)21)7-8-18-10-11-9-12(16)5-6-13(11)17-18/h5-6,9-10H,4,7-8H2,1-3H3/t15-/m1/s1. The summed E-state index contributed by atoms with van der Waals surface area (Å²) in [5, 5.41) is 5.33. The van der Waals surface area contributed by atoms with E-state index in [2.05, 4.69) is 21.0 Å². The van der Waals surface area contributed by atoms with Gasteiger partial charge in [-0.05, 0) is 38.5 Å². The highest BCUT2D eigenvalue weighted by Crippen LogP contribution is 2.25. The van der Waals surface area contributed by atoms with Crippen LogP contribution in [0.2, 0.25) is 0 Å². The molecule has 0 unspecified atom stereocenters. The monoisotopic (exact) mass is 402 g/mol. The summed E-state index contributed by atoms with van der Waals surface area (Å²) in [7, 11) is -3.62. The largest absolute Gasteiger partial charge is 0.465 e. The smallest absolute Gasteiger partial charge is 0.327 e. The molecule has 0 aliphatic rings. The Morgan fingerprint density at radius 2 is 2.13 bits per heavy atom. The lowest BCUT2D eigenvalue weighted by Crippen LogP contribution is -2.45. The first-order valence-corrected chi connectivity index (χ1v) is 9.85. The molecule has 23 heavy (non-hydrogen) atoms. The van der Waals surface area contributed by atoms with Crippen LogP contribution >= 0.6 is 15.9 Å². The van der Waals surface area contributed by atoms with E-state index in [1.807, 2.05) is 24.4 Å². The van der Waals surface area contributed by atoms with Gasteiger partial charge in [0.25, 0.3) is 0 Å². The van der Waals surface area contributed by atoms with Crippen molar-refractivity contribution in [3.05, 3.63) is 28.9 Å². The van der Waals surface area contributed by atoms with Crippen LogP contribution in [0.15, 0.2) is 28.9 Å². The Morgan fingerprint density at radius 3 is 2.74 bits per heavy atom. The summed E-state index contributed by atoms with van der Waals surface area (Å²) < 4.78 is 30.1. The Bertz CT molecular complexity index is 831. The van der Waals surface area contributed by atoms with Crippen LogP contribution in [0.3, 0.4) is 0 Å². The molecule has 0 fully saturated rings. The number of carbonyl (C=O) groups is 1. The highest BCUT2D eigenvalue weighted by Gasteiger charge is 2.44. The number of sulfone groups is 1. The number of halogens is 1. The highest BCUT2D eigenvalue weighted by molar-refractivity contribution is 9.10. The Hall–Kier alpha value is -1.41. The molecule has 2 rings (SSSR count). The van der Waals surface area contributed by atoms with Crippen LogP contribution < -0.4 is 0 Å². The van der Waals surface area contributed by atoms with E-state index in [0.717, 1.165) is 21.6 Å². The van der Waals surface area contributed by atoms with Crippen LogP contribution in [-0.4, -0.2) is 41.8 Å². The van der Waals surface area contributed by atoms with Gasteiger partial charge in [0.1, 0.15) is 0 Å². The molecule has 0 N–H and O–H groups in total. The molecule has 0 aliphatic heterocycles. The van der Waals surface area contributed by atoms with Gasteiger partial charge in [0.2, 0.25) is 0 Å².